The number of anilines is 2. The van der Waals surface area contributed by atoms with E-state index in [4.69, 9.17) is 0 Å². The molecule has 0 aliphatic carbocycles. The number of Topliss-reactive ketones (excluding diaryl/α,β-unsaturated/α-hetero) is 1. The van der Waals surface area contributed by atoms with Crippen molar-refractivity contribution in [1.82, 2.24) is 5.32 Å². The van der Waals surface area contributed by atoms with E-state index in [9.17, 15) is 14.4 Å². The molecule has 1 aliphatic heterocycles. The minimum absolute atomic E-state index is 0.0521. The number of rotatable bonds is 8. The second-order valence-electron chi connectivity index (χ2n) is 8.56. The molecule has 0 spiro atoms. The SMILES string of the molecule is CN[C@@H](C)C(=O)C[C@H](C(=O)N1c2ccccc2C[C@H]1C(=O)Nc1ccccc1)c1ccccc1. The molecule has 0 aromatic heterocycles. The molecule has 3 aromatic carbocycles. The van der Waals surface area contributed by atoms with Crippen LogP contribution in [0.15, 0.2) is 84.9 Å². The fourth-order valence-electron chi connectivity index (χ4n) is 4.36. The number of ketones is 1. The number of para-hydroxylation sites is 2. The highest BCUT2D eigenvalue weighted by Gasteiger charge is 2.41. The highest BCUT2D eigenvalue weighted by atomic mass is 16.2. The smallest absolute Gasteiger partial charge is 0.247 e. The molecular weight excluding hydrogens is 426 g/mol. The van der Waals surface area contributed by atoms with Crippen molar-refractivity contribution in [2.45, 2.75) is 37.8 Å². The molecule has 6 nitrogen and oxygen atoms in total. The first kappa shape index (κ1) is 23.4. The van der Waals surface area contributed by atoms with Gasteiger partial charge in [-0.2, -0.15) is 0 Å². The zero-order valence-electron chi connectivity index (χ0n) is 19.4. The first-order valence-corrected chi connectivity index (χ1v) is 11.5. The first-order valence-electron chi connectivity index (χ1n) is 11.5. The van der Waals surface area contributed by atoms with Gasteiger partial charge in [0.05, 0.1) is 12.0 Å². The summed E-state index contributed by atoms with van der Waals surface area (Å²) in [5, 5.41) is 5.90. The third kappa shape index (κ3) is 4.92. The average Bonchev–Trinajstić information content (AvgIpc) is 3.27. The number of nitrogens with one attached hydrogen (secondary N) is 2. The maximum atomic E-state index is 14.1. The first-order chi connectivity index (χ1) is 16.5. The summed E-state index contributed by atoms with van der Waals surface area (Å²) in [4.78, 5) is 41.9. The fraction of sp³-hybridized carbons (Fsp3) is 0.250. The van der Waals surface area contributed by atoms with Crippen LogP contribution >= 0.6 is 0 Å². The summed E-state index contributed by atoms with van der Waals surface area (Å²) < 4.78 is 0. The summed E-state index contributed by atoms with van der Waals surface area (Å²) in [6.07, 6.45) is 0.472. The van der Waals surface area contributed by atoms with Gasteiger partial charge in [0.1, 0.15) is 6.04 Å². The molecule has 0 saturated carbocycles. The van der Waals surface area contributed by atoms with E-state index in [2.05, 4.69) is 10.6 Å². The van der Waals surface area contributed by atoms with E-state index < -0.39 is 12.0 Å². The maximum Gasteiger partial charge on any atom is 0.247 e. The molecule has 2 N–H and O–H groups in total. The normalized spacial score (nSPS) is 16.4. The van der Waals surface area contributed by atoms with Crippen molar-refractivity contribution in [3.05, 3.63) is 96.1 Å². The van der Waals surface area contributed by atoms with Gasteiger partial charge in [-0.15, -0.1) is 0 Å². The predicted octanol–water partition coefficient (Wildman–Crippen LogP) is 3.93. The number of fused-ring (bicyclic) bond motifs is 1. The van der Waals surface area contributed by atoms with E-state index in [1.54, 1.807) is 18.9 Å². The van der Waals surface area contributed by atoms with Crippen molar-refractivity contribution in [2.24, 2.45) is 0 Å². The topological polar surface area (TPSA) is 78.5 Å². The van der Waals surface area contributed by atoms with E-state index >= 15 is 0 Å². The molecule has 1 heterocycles. The summed E-state index contributed by atoms with van der Waals surface area (Å²) >= 11 is 0. The van der Waals surface area contributed by atoms with Gasteiger partial charge in [0, 0.05) is 24.2 Å². The van der Waals surface area contributed by atoms with E-state index in [1.807, 2.05) is 84.9 Å². The molecule has 174 valence electrons. The Labute approximate surface area is 200 Å². The van der Waals surface area contributed by atoms with E-state index in [0.29, 0.717) is 12.1 Å². The quantitative estimate of drug-likeness (QED) is 0.539. The lowest BCUT2D eigenvalue weighted by Gasteiger charge is -2.29. The Morgan fingerprint density at radius 3 is 2.21 bits per heavy atom. The summed E-state index contributed by atoms with van der Waals surface area (Å²) in [6.45, 7) is 1.79. The molecule has 2 amide bonds. The average molecular weight is 456 g/mol. The molecule has 0 saturated heterocycles. The molecule has 1 aliphatic rings. The number of amides is 2. The zero-order chi connectivity index (χ0) is 24.1. The maximum absolute atomic E-state index is 14.1. The van der Waals surface area contributed by atoms with Gasteiger partial charge in [-0.25, -0.2) is 0 Å². The molecule has 0 radical (unpaired) electrons. The molecular formula is C28H29N3O3. The van der Waals surface area contributed by atoms with Crippen LogP contribution in [-0.2, 0) is 20.8 Å². The lowest BCUT2D eigenvalue weighted by Crippen LogP contribution is -2.48. The van der Waals surface area contributed by atoms with Crippen molar-refractivity contribution in [3.63, 3.8) is 0 Å². The second-order valence-corrected chi connectivity index (χ2v) is 8.56. The largest absolute Gasteiger partial charge is 0.324 e. The van der Waals surface area contributed by atoms with Crippen LogP contribution in [0.25, 0.3) is 0 Å². The summed E-state index contributed by atoms with van der Waals surface area (Å²) in [5.41, 5.74) is 3.09. The fourth-order valence-corrected chi connectivity index (χ4v) is 4.36. The van der Waals surface area contributed by atoms with Crippen molar-refractivity contribution in [1.29, 1.82) is 0 Å². The number of likely N-dealkylation sites (N-methyl/N-ethyl adjacent to an activating group) is 1. The lowest BCUT2D eigenvalue weighted by molar-refractivity contribution is -0.127. The van der Waals surface area contributed by atoms with Gasteiger partial charge in [-0.05, 0) is 43.3 Å². The molecule has 0 fully saturated rings. The van der Waals surface area contributed by atoms with Crippen molar-refractivity contribution in [2.75, 3.05) is 17.3 Å². The van der Waals surface area contributed by atoms with Crippen LogP contribution in [0.4, 0.5) is 11.4 Å². The van der Waals surface area contributed by atoms with Crippen molar-refractivity contribution >= 4 is 29.0 Å². The Hall–Kier alpha value is -3.77. The Morgan fingerprint density at radius 1 is 0.912 bits per heavy atom. The predicted molar refractivity (Wildman–Crippen MR) is 134 cm³/mol. The van der Waals surface area contributed by atoms with E-state index in [0.717, 1.165) is 16.8 Å². The van der Waals surface area contributed by atoms with Gasteiger partial charge < -0.3 is 10.6 Å². The van der Waals surface area contributed by atoms with Crippen LogP contribution in [0.1, 0.15) is 30.4 Å². The minimum Gasteiger partial charge on any atom is -0.324 e. The van der Waals surface area contributed by atoms with Crippen LogP contribution in [-0.4, -0.2) is 36.7 Å². The second kappa shape index (κ2) is 10.4. The molecule has 3 aromatic rings. The van der Waals surface area contributed by atoms with Crippen LogP contribution in [0.3, 0.4) is 0 Å². The monoisotopic (exact) mass is 455 g/mol. The number of carbonyl (C=O) groups is 3. The third-order valence-corrected chi connectivity index (χ3v) is 6.38. The van der Waals surface area contributed by atoms with Gasteiger partial charge in [-0.1, -0.05) is 66.7 Å². The minimum atomic E-state index is -0.701. The van der Waals surface area contributed by atoms with Crippen LogP contribution in [0, 0.1) is 0 Å². The van der Waals surface area contributed by atoms with Crippen LogP contribution in [0.5, 0.6) is 0 Å². The van der Waals surface area contributed by atoms with Crippen LogP contribution in [0.2, 0.25) is 0 Å². The Morgan fingerprint density at radius 2 is 1.53 bits per heavy atom. The lowest BCUT2D eigenvalue weighted by atomic mass is 9.90. The molecule has 0 unspecified atom stereocenters. The number of nitrogens with zero attached hydrogens (tertiary/aromatic N) is 1. The Kier molecular flexibility index (Phi) is 7.18. The van der Waals surface area contributed by atoms with Gasteiger partial charge in [0.2, 0.25) is 11.8 Å². The molecule has 0 bridgehead atoms. The van der Waals surface area contributed by atoms with Crippen molar-refractivity contribution in [3.8, 4) is 0 Å². The third-order valence-electron chi connectivity index (χ3n) is 6.38. The highest BCUT2D eigenvalue weighted by Crippen LogP contribution is 2.36. The number of hydrogen-bond donors (Lipinski definition) is 2. The molecule has 34 heavy (non-hydrogen) atoms. The standard InChI is InChI=1S/C28H29N3O3/c1-19(29-2)26(32)18-23(20-11-5-3-6-12-20)28(34)31-24-16-10-9-13-21(24)17-25(31)27(33)30-22-14-7-4-8-15-22/h3-16,19,23,25,29H,17-18H2,1-2H3,(H,30,33)/t19-,23-,25-/m0/s1. The number of benzene rings is 3. The summed E-state index contributed by atoms with van der Waals surface area (Å²) in [5.74, 6) is -1.25. The highest BCUT2D eigenvalue weighted by molar-refractivity contribution is 6.10. The van der Waals surface area contributed by atoms with Crippen molar-refractivity contribution < 1.29 is 14.4 Å². The van der Waals surface area contributed by atoms with E-state index in [1.165, 1.54) is 0 Å². The summed E-state index contributed by atoms with van der Waals surface area (Å²) in [6, 6.07) is 25.0. The van der Waals surface area contributed by atoms with Gasteiger partial charge >= 0.3 is 0 Å². The Bertz CT molecular complexity index is 1160. The summed E-state index contributed by atoms with van der Waals surface area (Å²) in [7, 11) is 1.72. The number of hydrogen-bond acceptors (Lipinski definition) is 4. The van der Waals surface area contributed by atoms with Crippen LogP contribution < -0.4 is 15.5 Å². The Balaban J connectivity index is 1.69. The molecule has 6 heteroatoms. The van der Waals surface area contributed by atoms with Gasteiger partial charge in [0.15, 0.2) is 5.78 Å². The zero-order valence-corrected chi connectivity index (χ0v) is 19.4. The van der Waals surface area contributed by atoms with E-state index in [-0.39, 0.29) is 30.1 Å². The number of carbonyl (C=O) groups excluding carboxylic acids is 3. The molecule has 4 rings (SSSR count). The van der Waals surface area contributed by atoms with Gasteiger partial charge in [-0.3, -0.25) is 19.3 Å². The molecule has 3 atom stereocenters. The van der Waals surface area contributed by atoms with Gasteiger partial charge in [0.25, 0.3) is 0 Å².